The van der Waals surface area contributed by atoms with E-state index >= 15 is 0 Å². The molecular weight excluding hydrogens is 176 g/mol. The molecule has 0 aliphatic heterocycles. The number of benzene rings is 1. The second kappa shape index (κ2) is 4.70. The quantitative estimate of drug-likeness (QED) is 0.743. The Hall–Kier alpha value is -1.44. The molecule has 0 spiro atoms. The third-order valence-corrected chi connectivity index (χ3v) is 2.07. The molecule has 0 radical (unpaired) electrons. The van der Waals surface area contributed by atoms with Gasteiger partial charge in [-0.05, 0) is 37.1 Å². The zero-order valence-corrected chi connectivity index (χ0v) is 8.71. The summed E-state index contributed by atoms with van der Waals surface area (Å²) in [6.45, 7) is 8.38. The summed E-state index contributed by atoms with van der Waals surface area (Å²) in [4.78, 5) is 0. The zero-order valence-electron chi connectivity index (χ0n) is 8.71. The fourth-order valence-corrected chi connectivity index (χ4v) is 1.32. The highest BCUT2D eigenvalue weighted by atomic mass is 16.5. The minimum absolute atomic E-state index is 0.287. The van der Waals surface area contributed by atoms with Crippen LogP contribution in [0, 0.1) is 6.92 Å². The van der Waals surface area contributed by atoms with E-state index in [4.69, 9.17) is 4.74 Å². The molecule has 0 amide bonds. The fraction of sp³-hybridized carbons (Fsp3) is 0.333. The van der Waals surface area contributed by atoms with Gasteiger partial charge in [0.15, 0.2) is 0 Å². The molecule has 14 heavy (non-hydrogen) atoms. The maximum atomic E-state index is 9.31. The van der Waals surface area contributed by atoms with Gasteiger partial charge >= 0.3 is 0 Å². The van der Waals surface area contributed by atoms with Gasteiger partial charge in [-0.25, -0.2) is 0 Å². The summed E-state index contributed by atoms with van der Waals surface area (Å²) < 4.78 is 5.26. The van der Waals surface area contributed by atoms with Crippen molar-refractivity contribution < 1.29 is 9.84 Å². The topological polar surface area (TPSA) is 29.5 Å². The molecule has 0 saturated heterocycles. The largest absolute Gasteiger partial charge is 0.508 e. The molecule has 76 valence electrons. The van der Waals surface area contributed by atoms with E-state index < -0.39 is 0 Å². The summed E-state index contributed by atoms with van der Waals surface area (Å²) in [7, 11) is 0. The van der Waals surface area contributed by atoms with E-state index in [9.17, 15) is 5.11 Å². The van der Waals surface area contributed by atoms with E-state index in [0.29, 0.717) is 13.0 Å². The van der Waals surface area contributed by atoms with Gasteiger partial charge in [-0.3, -0.25) is 0 Å². The van der Waals surface area contributed by atoms with Crippen LogP contribution in [-0.2, 0) is 11.2 Å². The van der Waals surface area contributed by atoms with Crippen LogP contribution in [0.1, 0.15) is 18.1 Å². The molecule has 2 heteroatoms. The molecular formula is C12H16O2. The van der Waals surface area contributed by atoms with Gasteiger partial charge in [-0.1, -0.05) is 12.6 Å². The Morgan fingerprint density at radius 2 is 2.21 bits per heavy atom. The predicted molar refractivity (Wildman–Crippen MR) is 57.3 cm³/mol. The van der Waals surface area contributed by atoms with Crippen LogP contribution in [-0.4, -0.2) is 11.7 Å². The van der Waals surface area contributed by atoms with Gasteiger partial charge in [-0.15, -0.1) is 0 Å². The van der Waals surface area contributed by atoms with E-state index in [0.717, 1.165) is 16.9 Å². The summed E-state index contributed by atoms with van der Waals surface area (Å²) in [5, 5.41) is 9.31. The number of hydrogen-bond acceptors (Lipinski definition) is 2. The van der Waals surface area contributed by atoms with Crippen molar-refractivity contribution in [2.24, 2.45) is 0 Å². The molecule has 1 aromatic rings. The van der Waals surface area contributed by atoms with E-state index in [2.05, 4.69) is 6.58 Å². The van der Waals surface area contributed by atoms with Crippen LogP contribution >= 0.6 is 0 Å². The number of allylic oxidation sites excluding steroid dienone is 1. The molecule has 1 rings (SSSR count). The van der Waals surface area contributed by atoms with Crippen molar-refractivity contribution >= 4 is 0 Å². The average molecular weight is 192 g/mol. The number of phenols is 1. The van der Waals surface area contributed by atoms with E-state index in [1.807, 2.05) is 19.9 Å². The first kappa shape index (κ1) is 10.6. The molecule has 0 atom stereocenters. The van der Waals surface area contributed by atoms with E-state index in [1.54, 1.807) is 12.1 Å². The van der Waals surface area contributed by atoms with Gasteiger partial charge in [0.05, 0.1) is 12.4 Å². The van der Waals surface area contributed by atoms with Crippen LogP contribution in [0.3, 0.4) is 0 Å². The fourth-order valence-electron chi connectivity index (χ4n) is 1.32. The van der Waals surface area contributed by atoms with Gasteiger partial charge in [0.25, 0.3) is 0 Å². The van der Waals surface area contributed by atoms with Crippen LogP contribution in [0.2, 0.25) is 0 Å². The number of rotatable bonds is 4. The average Bonchev–Trinajstić information content (AvgIpc) is 2.12. The Morgan fingerprint density at radius 1 is 1.50 bits per heavy atom. The molecule has 0 fully saturated rings. The molecule has 0 unspecified atom stereocenters. The van der Waals surface area contributed by atoms with Crippen LogP contribution in [0.25, 0.3) is 0 Å². The maximum absolute atomic E-state index is 9.31. The molecule has 0 saturated carbocycles. The molecule has 1 aromatic carbocycles. The van der Waals surface area contributed by atoms with Crippen LogP contribution in [0.4, 0.5) is 0 Å². The zero-order chi connectivity index (χ0) is 10.6. The third kappa shape index (κ3) is 2.80. The molecule has 2 nitrogen and oxygen atoms in total. The first-order valence-electron chi connectivity index (χ1n) is 4.72. The second-order valence-electron chi connectivity index (χ2n) is 3.26. The summed E-state index contributed by atoms with van der Waals surface area (Å²) in [5.41, 5.74) is 2.20. The lowest BCUT2D eigenvalue weighted by molar-refractivity contribution is 0.225. The van der Waals surface area contributed by atoms with Gasteiger partial charge < -0.3 is 9.84 Å². The lowest BCUT2D eigenvalue weighted by atomic mass is 10.0. The minimum Gasteiger partial charge on any atom is -0.508 e. The Labute approximate surface area is 84.8 Å². The van der Waals surface area contributed by atoms with Crippen molar-refractivity contribution in [3.63, 3.8) is 0 Å². The van der Waals surface area contributed by atoms with Crippen LogP contribution in [0.5, 0.6) is 5.75 Å². The first-order chi connectivity index (χ1) is 6.63. The van der Waals surface area contributed by atoms with Crippen molar-refractivity contribution in [1.82, 2.24) is 0 Å². The number of ether oxygens (including phenoxy) is 1. The Morgan fingerprint density at radius 3 is 2.86 bits per heavy atom. The molecule has 0 heterocycles. The summed E-state index contributed by atoms with van der Waals surface area (Å²) >= 11 is 0. The van der Waals surface area contributed by atoms with Gasteiger partial charge in [0, 0.05) is 6.42 Å². The molecule has 1 N–H and O–H groups in total. The highest BCUT2D eigenvalue weighted by Crippen LogP contribution is 2.18. The van der Waals surface area contributed by atoms with Crippen molar-refractivity contribution in [1.29, 1.82) is 0 Å². The highest BCUT2D eigenvalue weighted by Gasteiger charge is 2.02. The number of aryl methyl sites for hydroxylation is 1. The summed E-state index contributed by atoms with van der Waals surface area (Å²) in [5.74, 6) is 1.02. The normalized spacial score (nSPS) is 9.86. The smallest absolute Gasteiger partial charge is 0.115 e. The molecule has 0 aliphatic rings. The standard InChI is InChI=1S/C12H16O2/c1-4-14-10(3)7-11-8-12(13)6-5-9(11)2/h5-6,8,13H,3-4,7H2,1-2H3. The lowest BCUT2D eigenvalue weighted by Crippen LogP contribution is -1.96. The van der Waals surface area contributed by atoms with E-state index in [-0.39, 0.29) is 5.75 Å². The van der Waals surface area contributed by atoms with Crippen molar-refractivity contribution in [2.45, 2.75) is 20.3 Å². The molecule has 0 bridgehead atoms. The van der Waals surface area contributed by atoms with E-state index in [1.165, 1.54) is 0 Å². The van der Waals surface area contributed by atoms with Crippen molar-refractivity contribution in [2.75, 3.05) is 6.61 Å². The predicted octanol–water partition coefficient (Wildman–Crippen LogP) is 2.79. The molecule has 0 aliphatic carbocycles. The van der Waals surface area contributed by atoms with Crippen LogP contribution in [0.15, 0.2) is 30.5 Å². The Bertz CT molecular complexity index is 329. The maximum Gasteiger partial charge on any atom is 0.115 e. The summed E-state index contributed by atoms with van der Waals surface area (Å²) in [6.07, 6.45) is 0.661. The van der Waals surface area contributed by atoms with Gasteiger partial charge in [0.1, 0.15) is 5.75 Å². The number of aromatic hydroxyl groups is 1. The Kier molecular flexibility index (Phi) is 3.57. The second-order valence-corrected chi connectivity index (χ2v) is 3.26. The number of hydrogen-bond donors (Lipinski definition) is 1. The van der Waals surface area contributed by atoms with Crippen LogP contribution < -0.4 is 0 Å². The molecule has 0 aromatic heterocycles. The van der Waals surface area contributed by atoms with Crippen molar-refractivity contribution in [3.05, 3.63) is 41.7 Å². The number of phenolic OH excluding ortho intramolecular Hbond substituents is 1. The SMILES string of the molecule is C=C(Cc1cc(O)ccc1C)OCC. The Balaban J connectivity index is 2.75. The van der Waals surface area contributed by atoms with Gasteiger partial charge in [-0.2, -0.15) is 0 Å². The summed E-state index contributed by atoms with van der Waals surface area (Å²) in [6, 6.07) is 5.33. The van der Waals surface area contributed by atoms with Crippen molar-refractivity contribution in [3.8, 4) is 5.75 Å². The monoisotopic (exact) mass is 192 g/mol. The minimum atomic E-state index is 0.287. The van der Waals surface area contributed by atoms with Gasteiger partial charge in [0.2, 0.25) is 0 Å². The lowest BCUT2D eigenvalue weighted by Gasteiger charge is -2.09. The highest BCUT2D eigenvalue weighted by molar-refractivity contribution is 5.35. The first-order valence-corrected chi connectivity index (χ1v) is 4.72. The third-order valence-electron chi connectivity index (χ3n) is 2.07.